The second-order valence-electron chi connectivity index (χ2n) is 5.38. The molecule has 6 heteroatoms. The lowest BCUT2D eigenvalue weighted by Crippen LogP contribution is -2.28. The van der Waals surface area contributed by atoms with Crippen LogP contribution in [0.25, 0.3) is 10.8 Å². The van der Waals surface area contributed by atoms with Gasteiger partial charge in [0.1, 0.15) is 4.21 Å². The van der Waals surface area contributed by atoms with Crippen LogP contribution in [0.4, 0.5) is 0 Å². The number of aryl methyl sites for hydroxylation is 1. The molecule has 0 aliphatic carbocycles. The Hall–Kier alpha value is -1.73. The van der Waals surface area contributed by atoms with E-state index in [0.717, 1.165) is 16.3 Å². The molecule has 3 rings (SSSR count). The van der Waals surface area contributed by atoms with Crippen LogP contribution in [0.2, 0.25) is 0 Å². The molecule has 0 aliphatic heterocycles. The van der Waals surface area contributed by atoms with Crippen molar-refractivity contribution >= 4 is 32.1 Å². The number of aliphatic hydroxyl groups is 1. The first-order valence-corrected chi connectivity index (χ1v) is 9.54. The summed E-state index contributed by atoms with van der Waals surface area (Å²) >= 11 is 1.17. The van der Waals surface area contributed by atoms with Gasteiger partial charge in [-0.05, 0) is 40.3 Å². The molecule has 120 valence electrons. The molecular weight excluding hydrogens is 330 g/mol. The summed E-state index contributed by atoms with van der Waals surface area (Å²) in [5.74, 6) is 0. The average Bonchev–Trinajstić information content (AvgIpc) is 2.99. The Morgan fingerprint density at radius 2 is 1.91 bits per heavy atom. The summed E-state index contributed by atoms with van der Waals surface area (Å²) in [4.78, 5) is 0. The van der Waals surface area contributed by atoms with Crippen LogP contribution >= 0.6 is 11.3 Å². The number of nitrogens with one attached hydrogen (secondary N) is 1. The molecule has 0 spiro atoms. The molecule has 1 unspecified atom stereocenters. The van der Waals surface area contributed by atoms with Crippen LogP contribution in [0.3, 0.4) is 0 Å². The summed E-state index contributed by atoms with van der Waals surface area (Å²) in [5, 5.41) is 14.1. The highest BCUT2D eigenvalue weighted by molar-refractivity contribution is 7.91. The third-order valence-corrected chi connectivity index (χ3v) is 6.60. The first kappa shape index (κ1) is 16.1. The van der Waals surface area contributed by atoms with Crippen LogP contribution in [0.1, 0.15) is 17.2 Å². The number of fused-ring (bicyclic) bond motifs is 1. The van der Waals surface area contributed by atoms with Gasteiger partial charge in [0, 0.05) is 6.54 Å². The SMILES string of the molecule is Cc1csc(S(=O)(=O)NCC(O)c2cccc3ccccc23)c1. The van der Waals surface area contributed by atoms with Crippen LogP contribution in [0.15, 0.2) is 58.1 Å². The fourth-order valence-electron chi connectivity index (χ4n) is 2.46. The predicted molar refractivity (Wildman–Crippen MR) is 93.2 cm³/mol. The summed E-state index contributed by atoms with van der Waals surface area (Å²) in [6, 6.07) is 15.0. The molecule has 1 heterocycles. The summed E-state index contributed by atoms with van der Waals surface area (Å²) in [5.41, 5.74) is 1.62. The predicted octanol–water partition coefficient (Wildman–Crippen LogP) is 3.22. The molecule has 0 fully saturated rings. The number of aliphatic hydroxyl groups excluding tert-OH is 1. The first-order valence-electron chi connectivity index (χ1n) is 7.18. The maximum Gasteiger partial charge on any atom is 0.250 e. The van der Waals surface area contributed by atoms with E-state index in [2.05, 4.69) is 4.72 Å². The highest BCUT2D eigenvalue weighted by Crippen LogP contribution is 2.25. The minimum atomic E-state index is -3.59. The Morgan fingerprint density at radius 3 is 2.65 bits per heavy atom. The third kappa shape index (κ3) is 3.45. The molecule has 1 aromatic heterocycles. The Balaban J connectivity index is 1.80. The quantitative estimate of drug-likeness (QED) is 0.745. The monoisotopic (exact) mass is 347 g/mol. The molecule has 0 aliphatic rings. The maximum atomic E-state index is 12.2. The number of hydrogen-bond donors (Lipinski definition) is 2. The molecule has 2 aromatic carbocycles. The number of rotatable bonds is 5. The Bertz CT molecular complexity index is 926. The van der Waals surface area contributed by atoms with Crippen molar-refractivity contribution in [3.05, 3.63) is 65.0 Å². The van der Waals surface area contributed by atoms with Gasteiger partial charge < -0.3 is 5.11 Å². The van der Waals surface area contributed by atoms with Gasteiger partial charge in [0.05, 0.1) is 6.10 Å². The lowest BCUT2D eigenvalue weighted by molar-refractivity contribution is 0.183. The normalized spacial score (nSPS) is 13.3. The van der Waals surface area contributed by atoms with Gasteiger partial charge in [-0.25, -0.2) is 13.1 Å². The van der Waals surface area contributed by atoms with Gasteiger partial charge in [0.15, 0.2) is 0 Å². The van der Waals surface area contributed by atoms with E-state index >= 15 is 0 Å². The van der Waals surface area contributed by atoms with Crippen LogP contribution in [0, 0.1) is 6.92 Å². The zero-order chi connectivity index (χ0) is 16.4. The van der Waals surface area contributed by atoms with Gasteiger partial charge in [-0.3, -0.25) is 0 Å². The molecule has 23 heavy (non-hydrogen) atoms. The molecular formula is C17H17NO3S2. The van der Waals surface area contributed by atoms with Crippen molar-refractivity contribution in [3.63, 3.8) is 0 Å². The van der Waals surface area contributed by atoms with Crippen molar-refractivity contribution in [2.45, 2.75) is 17.2 Å². The fourth-order valence-corrected chi connectivity index (χ4v) is 4.77. The van der Waals surface area contributed by atoms with Crippen LogP contribution in [0.5, 0.6) is 0 Å². The molecule has 3 aromatic rings. The Morgan fingerprint density at radius 1 is 1.17 bits per heavy atom. The van der Waals surface area contributed by atoms with Crippen molar-refractivity contribution in [3.8, 4) is 0 Å². The van der Waals surface area contributed by atoms with E-state index < -0.39 is 16.1 Å². The highest BCUT2D eigenvalue weighted by atomic mass is 32.2. The van der Waals surface area contributed by atoms with Crippen molar-refractivity contribution in [2.75, 3.05) is 6.54 Å². The van der Waals surface area contributed by atoms with Crippen LogP contribution in [-0.2, 0) is 10.0 Å². The van der Waals surface area contributed by atoms with Crippen LogP contribution in [-0.4, -0.2) is 20.1 Å². The van der Waals surface area contributed by atoms with E-state index in [9.17, 15) is 13.5 Å². The van der Waals surface area contributed by atoms with E-state index in [1.807, 2.05) is 49.4 Å². The standard InChI is InChI=1S/C17H17NO3S2/c1-12-9-17(22-11-12)23(20,21)18-10-16(19)15-8-4-6-13-5-2-3-7-14(13)15/h2-9,11,16,18-19H,10H2,1H3. The van der Waals surface area contributed by atoms with E-state index in [1.54, 1.807) is 11.4 Å². The first-order chi connectivity index (χ1) is 11.0. The van der Waals surface area contributed by atoms with Crippen molar-refractivity contribution in [1.29, 1.82) is 0 Å². The van der Waals surface area contributed by atoms with E-state index in [1.165, 1.54) is 11.3 Å². The van der Waals surface area contributed by atoms with Gasteiger partial charge in [-0.1, -0.05) is 42.5 Å². The van der Waals surface area contributed by atoms with E-state index in [0.29, 0.717) is 5.56 Å². The van der Waals surface area contributed by atoms with Gasteiger partial charge in [0.2, 0.25) is 10.0 Å². The molecule has 0 radical (unpaired) electrons. The summed E-state index contributed by atoms with van der Waals surface area (Å²) in [6.07, 6.45) is -0.906. The summed E-state index contributed by atoms with van der Waals surface area (Å²) in [7, 11) is -3.59. The second kappa shape index (κ2) is 6.41. The highest BCUT2D eigenvalue weighted by Gasteiger charge is 2.19. The lowest BCUT2D eigenvalue weighted by Gasteiger charge is -2.14. The fraction of sp³-hybridized carbons (Fsp3) is 0.176. The minimum absolute atomic E-state index is 0.0622. The largest absolute Gasteiger partial charge is 0.387 e. The smallest absolute Gasteiger partial charge is 0.250 e. The molecule has 1 atom stereocenters. The van der Waals surface area contributed by atoms with Crippen molar-refractivity contribution in [1.82, 2.24) is 4.72 Å². The average molecular weight is 347 g/mol. The number of thiophene rings is 1. The second-order valence-corrected chi connectivity index (χ2v) is 8.28. The maximum absolute atomic E-state index is 12.2. The number of benzene rings is 2. The van der Waals surface area contributed by atoms with Gasteiger partial charge in [-0.2, -0.15) is 0 Å². The number of hydrogen-bond acceptors (Lipinski definition) is 4. The van der Waals surface area contributed by atoms with E-state index in [4.69, 9.17) is 0 Å². The van der Waals surface area contributed by atoms with Gasteiger partial charge in [-0.15, -0.1) is 11.3 Å². The zero-order valence-electron chi connectivity index (χ0n) is 12.6. The zero-order valence-corrected chi connectivity index (χ0v) is 14.2. The lowest BCUT2D eigenvalue weighted by atomic mass is 10.0. The number of sulfonamides is 1. The van der Waals surface area contributed by atoms with Crippen molar-refractivity contribution in [2.24, 2.45) is 0 Å². The molecule has 0 amide bonds. The Kier molecular flexibility index (Phi) is 4.50. The van der Waals surface area contributed by atoms with Gasteiger partial charge >= 0.3 is 0 Å². The van der Waals surface area contributed by atoms with Gasteiger partial charge in [0.25, 0.3) is 0 Å². The Labute approximate surface area is 139 Å². The minimum Gasteiger partial charge on any atom is -0.387 e. The summed E-state index contributed by atoms with van der Waals surface area (Å²) in [6.45, 7) is 1.79. The molecule has 4 nitrogen and oxygen atoms in total. The van der Waals surface area contributed by atoms with Crippen LogP contribution < -0.4 is 4.72 Å². The topological polar surface area (TPSA) is 66.4 Å². The molecule has 2 N–H and O–H groups in total. The van der Waals surface area contributed by atoms with Crippen molar-refractivity contribution < 1.29 is 13.5 Å². The molecule has 0 saturated carbocycles. The third-order valence-electron chi connectivity index (χ3n) is 3.62. The summed E-state index contributed by atoms with van der Waals surface area (Å²) < 4.78 is 27.2. The molecule has 0 bridgehead atoms. The van der Waals surface area contributed by atoms with E-state index in [-0.39, 0.29) is 10.8 Å². The molecule has 0 saturated heterocycles.